The van der Waals surface area contributed by atoms with Crippen LogP contribution in [-0.4, -0.2) is 12.2 Å². The van der Waals surface area contributed by atoms with E-state index in [9.17, 15) is 9.59 Å². The summed E-state index contributed by atoms with van der Waals surface area (Å²) in [6.45, 7) is 1.78. The molecule has 0 saturated carbocycles. The third-order valence-corrected chi connectivity index (χ3v) is 1.70. The monoisotopic (exact) mass is 179 g/mol. The number of Topliss-reactive ketones (excluding diaryl/α,β-unsaturated/α-hetero) is 1. The Hall–Kier alpha value is -1.64. The van der Waals surface area contributed by atoms with Crippen molar-refractivity contribution in [2.75, 3.05) is 5.32 Å². The summed E-state index contributed by atoms with van der Waals surface area (Å²) in [7, 11) is 0. The van der Waals surface area contributed by atoms with Gasteiger partial charge in [-0.15, -0.1) is 0 Å². The highest BCUT2D eigenvalue weighted by Crippen LogP contribution is 2.11. The van der Waals surface area contributed by atoms with Crippen molar-refractivity contribution in [3.05, 3.63) is 29.8 Å². The lowest BCUT2D eigenvalue weighted by Gasteiger charge is -2.01. The van der Waals surface area contributed by atoms with E-state index >= 15 is 0 Å². The average molecular weight is 179 g/mol. The van der Waals surface area contributed by atoms with Crippen molar-refractivity contribution in [1.82, 2.24) is 0 Å². The van der Waals surface area contributed by atoms with Gasteiger partial charge in [-0.3, -0.25) is 9.59 Å². The van der Waals surface area contributed by atoms with Gasteiger partial charge in [-0.2, -0.15) is 0 Å². The number of benzene rings is 1. The summed E-state index contributed by atoms with van der Waals surface area (Å²) in [6, 6.07) is 6.57. The summed E-state index contributed by atoms with van der Waals surface area (Å²) in [5.74, 6) is 0.0195. The minimum Gasteiger partial charge on any atom is -0.329 e. The number of amides is 1. The minimum absolute atomic E-state index is 0.0195. The second-order valence-corrected chi connectivity index (χ2v) is 2.58. The smallest absolute Gasteiger partial charge is 0.211 e. The molecule has 0 spiro atoms. The van der Waals surface area contributed by atoms with Gasteiger partial charge in [0.15, 0.2) is 5.78 Å². The van der Waals surface area contributed by atoms with E-state index in [1.807, 2.05) is 0 Å². The van der Waals surface area contributed by atoms with Gasteiger partial charge in [0.05, 0.1) is 0 Å². The van der Waals surface area contributed by atoms with Gasteiger partial charge in [0.1, 0.15) is 1.37 Å². The molecule has 0 saturated heterocycles. The van der Waals surface area contributed by atoms with Gasteiger partial charge in [0, 0.05) is 17.7 Å². The van der Waals surface area contributed by atoms with Gasteiger partial charge in [-0.25, -0.2) is 0 Å². The largest absolute Gasteiger partial charge is 0.329 e. The SMILES string of the molecule is [3H]C(=O)Nc1cccc(C(=O)CC)c1. The summed E-state index contributed by atoms with van der Waals surface area (Å²) < 4.78 is 6.70. The topological polar surface area (TPSA) is 46.2 Å². The Kier molecular flexibility index (Phi) is 2.70. The molecule has 0 fully saturated rings. The van der Waals surface area contributed by atoms with Crippen molar-refractivity contribution < 1.29 is 11.0 Å². The maximum absolute atomic E-state index is 11.3. The van der Waals surface area contributed by atoms with Gasteiger partial charge in [0.2, 0.25) is 6.39 Å². The van der Waals surface area contributed by atoms with Crippen molar-refractivity contribution in [3.8, 4) is 0 Å². The van der Waals surface area contributed by atoms with E-state index in [1.54, 1.807) is 31.2 Å². The number of anilines is 1. The molecule has 0 radical (unpaired) electrons. The zero-order valence-corrected chi connectivity index (χ0v) is 7.33. The first-order valence-electron chi connectivity index (χ1n) is 4.54. The molecule has 1 N–H and O–H groups in total. The number of nitrogens with one attached hydrogen (secondary N) is 1. The van der Waals surface area contributed by atoms with E-state index < -0.39 is 6.39 Å². The predicted molar refractivity (Wildman–Crippen MR) is 50.8 cm³/mol. The summed E-state index contributed by atoms with van der Waals surface area (Å²) in [6.07, 6.45) is -0.454. The Morgan fingerprint density at radius 2 is 2.46 bits per heavy atom. The lowest BCUT2D eigenvalue weighted by Crippen LogP contribution is -1.99. The number of carbonyl (C=O) groups excluding carboxylic acids is 2. The van der Waals surface area contributed by atoms with Crippen LogP contribution in [0, 0.1) is 0 Å². The average Bonchev–Trinajstić information content (AvgIpc) is 2.16. The third kappa shape index (κ3) is 2.40. The van der Waals surface area contributed by atoms with Crippen LogP contribution in [0.15, 0.2) is 24.3 Å². The maximum atomic E-state index is 11.3. The van der Waals surface area contributed by atoms with Crippen LogP contribution in [0.2, 0.25) is 0 Å². The molecule has 1 aromatic carbocycles. The molecule has 0 aliphatic rings. The van der Waals surface area contributed by atoms with E-state index in [2.05, 4.69) is 5.32 Å². The molecule has 0 heterocycles. The quantitative estimate of drug-likeness (QED) is 0.568. The maximum Gasteiger partial charge on any atom is 0.211 e. The van der Waals surface area contributed by atoms with Crippen LogP contribution in [0.1, 0.15) is 25.1 Å². The van der Waals surface area contributed by atoms with Crippen molar-refractivity contribution in [2.45, 2.75) is 13.3 Å². The van der Waals surface area contributed by atoms with Crippen molar-refractivity contribution >= 4 is 17.9 Å². The molecule has 3 heteroatoms. The van der Waals surface area contributed by atoms with Crippen LogP contribution in [0.25, 0.3) is 0 Å². The van der Waals surface area contributed by atoms with Gasteiger partial charge < -0.3 is 5.32 Å². The van der Waals surface area contributed by atoms with Crippen LogP contribution in [-0.2, 0) is 4.79 Å². The van der Waals surface area contributed by atoms with Gasteiger partial charge in [0.25, 0.3) is 0 Å². The number of hydrogen-bond acceptors (Lipinski definition) is 2. The van der Waals surface area contributed by atoms with Crippen LogP contribution >= 0.6 is 0 Å². The van der Waals surface area contributed by atoms with E-state index in [0.717, 1.165) is 0 Å². The van der Waals surface area contributed by atoms with Gasteiger partial charge in [-0.05, 0) is 12.1 Å². The zero-order chi connectivity index (χ0) is 10.6. The number of rotatable bonds is 3. The van der Waals surface area contributed by atoms with Gasteiger partial charge in [-0.1, -0.05) is 19.1 Å². The first-order valence-corrected chi connectivity index (χ1v) is 4.04. The Labute approximate surface area is 78.2 Å². The number of ketones is 1. The van der Waals surface area contributed by atoms with E-state index in [4.69, 9.17) is 1.37 Å². The highest BCUT2D eigenvalue weighted by molar-refractivity contribution is 5.97. The second-order valence-electron chi connectivity index (χ2n) is 2.58. The normalized spacial score (nSPS) is 10.4. The molecule has 0 aromatic heterocycles. The minimum atomic E-state index is -0.883. The molecule has 1 aromatic rings. The van der Waals surface area contributed by atoms with Crippen LogP contribution in [0.4, 0.5) is 5.69 Å². The van der Waals surface area contributed by atoms with Crippen molar-refractivity contribution in [3.63, 3.8) is 0 Å². The Balaban J connectivity index is 2.89. The molecule has 0 aliphatic carbocycles. The first kappa shape index (κ1) is 7.98. The molecule has 1 rings (SSSR count). The molecule has 0 aliphatic heterocycles. The fraction of sp³-hybridized carbons (Fsp3) is 0.200. The molecule has 1 amide bonds. The van der Waals surface area contributed by atoms with E-state index in [1.165, 1.54) is 0 Å². The van der Waals surface area contributed by atoms with Crippen molar-refractivity contribution in [2.24, 2.45) is 0 Å². The molecular weight excluding hydrogens is 166 g/mol. The fourth-order valence-electron chi connectivity index (χ4n) is 1.03. The standard InChI is InChI=1S/C10H11NO2/c1-2-10(13)8-4-3-5-9(6-8)11-7-12/h3-7H,2H2,1H3,(H,11,12)/i7T. The predicted octanol–water partition coefficient (Wildman–Crippen LogP) is 1.85. The second kappa shape index (κ2) is 4.40. The molecule has 0 unspecified atom stereocenters. The first-order chi connectivity index (χ1) is 6.63. The highest BCUT2D eigenvalue weighted by atomic mass is 16.1. The Bertz CT molecular complexity index is 363. The third-order valence-electron chi connectivity index (χ3n) is 1.70. The lowest BCUT2D eigenvalue weighted by molar-refractivity contribution is -0.105. The number of hydrogen-bond donors (Lipinski definition) is 1. The van der Waals surface area contributed by atoms with Crippen LogP contribution in [0.3, 0.4) is 0 Å². The molecule has 68 valence electrons. The Morgan fingerprint density at radius 3 is 3.08 bits per heavy atom. The zero-order valence-electron chi connectivity index (χ0n) is 8.33. The van der Waals surface area contributed by atoms with Crippen LogP contribution < -0.4 is 5.32 Å². The molecule has 13 heavy (non-hydrogen) atoms. The van der Waals surface area contributed by atoms with Crippen LogP contribution in [0.5, 0.6) is 0 Å². The van der Waals surface area contributed by atoms with Crippen molar-refractivity contribution in [1.29, 1.82) is 0 Å². The molecule has 0 atom stereocenters. The summed E-state index contributed by atoms with van der Waals surface area (Å²) in [4.78, 5) is 21.7. The molecule has 0 bridgehead atoms. The lowest BCUT2D eigenvalue weighted by atomic mass is 10.1. The van der Waals surface area contributed by atoms with Gasteiger partial charge >= 0.3 is 0 Å². The number of carbonyl (C=O) groups is 2. The highest BCUT2D eigenvalue weighted by Gasteiger charge is 2.02. The summed E-state index contributed by atoms with van der Waals surface area (Å²) >= 11 is 0. The Morgan fingerprint density at radius 1 is 1.69 bits per heavy atom. The summed E-state index contributed by atoms with van der Waals surface area (Å²) in [5.41, 5.74) is 1.03. The molecular formula is C10H11NO2. The summed E-state index contributed by atoms with van der Waals surface area (Å²) in [5, 5.41) is 2.30. The van der Waals surface area contributed by atoms with E-state index in [0.29, 0.717) is 17.7 Å². The fourth-order valence-corrected chi connectivity index (χ4v) is 1.03. The molecule has 3 nitrogen and oxygen atoms in total. The van der Waals surface area contributed by atoms with E-state index in [-0.39, 0.29) is 5.78 Å².